The first-order chi connectivity index (χ1) is 8.30. The van der Waals surface area contributed by atoms with Crippen LogP contribution in [0.4, 0.5) is 0 Å². The van der Waals surface area contributed by atoms with Gasteiger partial charge < -0.3 is 10.0 Å². The predicted molar refractivity (Wildman–Crippen MR) is 69.6 cm³/mol. The second-order valence-electron chi connectivity index (χ2n) is 4.78. The van der Waals surface area contributed by atoms with Crippen molar-refractivity contribution < 1.29 is 14.7 Å². The summed E-state index contributed by atoms with van der Waals surface area (Å²) in [6, 6.07) is 7.17. The average Bonchev–Trinajstić information content (AvgIpc) is 2.29. The highest BCUT2D eigenvalue weighted by Gasteiger charge is 2.37. The van der Waals surface area contributed by atoms with Gasteiger partial charge in [-0.2, -0.15) is 0 Å². The molecule has 0 aliphatic heterocycles. The Balaban J connectivity index is 3.11. The van der Waals surface area contributed by atoms with E-state index in [4.69, 9.17) is 0 Å². The second-order valence-corrected chi connectivity index (χ2v) is 4.78. The van der Waals surface area contributed by atoms with Gasteiger partial charge >= 0.3 is 5.97 Å². The van der Waals surface area contributed by atoms with Crippen molar-refractivity contribution in [2.45, 2.75) is 33.2 Å². The number of carboxylic acid groups (broad SMARTS) is 1. The molecule has 4 nitrogen and oxygen atoms in total. The molecule has 1 aromatic rings. The molecule has 0 aromatic heterocycles. The SMILES string of the molecule is CCN(C(=O)c1cccc(C)c1)C(C)(C)C(=O)O. The molecule has 0 bridgehead atoms. The highest BCUT2D eigenvalue weighted by atomic mass is 16.4. The monoisotopic (exact) mass is 249 g/mol. The van der Waals surface area contributed by atoms with Crippen molar-refractivity contribution in [2.24, 2.45) is 0 Å². The molecule has 0 spiro atoms. The van der Waals surface area contributed by atoms with Crippen LogP contribution in [0.25, 0.3) is 0 Å². The molecule has 98 valence electrons. The zero-order chi connectivity index (χ0) is 13.9. The Morgan fingerprint density at radius 1 is 1.33 bits per heavy atom. The Morgan fingerprint density at radius 2 is 1.94 bits per heavy atom. The van der Waals surface area contributed by atoms with Crippen LogP contribution in [0, 0.1) is 6.92 Å². The van der Waals surface area contributed by atoms with E-state index in [-0.39, 0.29) is 5.91 Å². The smallest absolute Gasteiger partial charge is 0.329 e. The van der Waals surface area contributed by atoms with Gasteiger partial charge in [0.25, 0.3) is 5.91 Å². The van der Waals surface area contributed by atoms with Gasteiger partial charge in [0.15, 0.2) is 0 Å². The standard InChI is InChI=1S/C14H19NO3/c1-5-15(14(3,4)13(17)18)12(16)11-8-6-7-10(2)9-11/h6-9H,5H2,1-4H3,(H,17,18). The van der Waals surface area contributed by atoms with Gasteiger partial charge in [-0.25, -0.2) is 4.79 Å². The van der Waals surface area contributed by atoms with E-state index < -0.39 is 11.5 Å². The highest BCUT2D eigenvalue weighted by Crippen LogP contribution is 2.18. The van der Waals surface area contributed by atoms with Crippen LogP contribution in [-0.4, -0.2) is 34.0 Å². The van der Waals surface area contributed by atoms with Crippen molar-refractivity contribution in [3.8, 4) is 0 Å². The molecule has 1 amide bonds. The molecule has 0 saturated heterocycles. The number of carbonyl (C=O) groups is 2. The fourth-order valence-corrected chi connectivity index (χ4v) is 1.84. The van der Waals surface area contributed by atoms with E-state index in [1.54, 1.807) is 25.1 Å². The summed E-state index contributed by atoms with van der Waals surface area (Å²) in [6.07, 6.45) is 0. The zero-order valence-corrected chi connectivity index (χ0v) is 11.2. The Morgan fingerprint density at radius 3 is 2.39 bits per heavy atom. The fourth-order valence-electron chi connectivity index (χ4n) is 1.84. The predicted octanol–water partition coefficient (Wildman–Crippen LogP) is 2.32. The first-order valence-corrected chi connectivity index (χ1v) is 5.92. The van der Waals surface area contributed by atoms with Crippen molar-refractivity contribution in [1.82, 2.24) is 4.90 Å². The summed E-state index contributed by atoms with van der Waals surface area (Å²) >= 11 is 0. The molecule has 1 rings (SSSR count). The lowest BCUT2D eigenvalue weighted by molar-refractivity contribution is -0.147. The van der Waals surface area contributed by atoms with Crippen molar-refractivity contribution in [3.63, 3.8) is 0 Å². The van der Waals surface area contributed by atoms with Crippen LogP contribution >= 0.6 is 0 Å². The first-order valence-electron chi connectivity index (χ1n) is 5.92. The normalized spacial score (nSPS) is 11.1. The van der Waals surface area contributed by atoms with Gasteiger partial charge in [-0.15, -0.1) is 0 Å². The van der Waals surface area contributed by atoms with Crippen LogP contribution < -0.4 is 0 Å². The molecule has 18 heavy (non-hydrogen) atoms. The van der Waals surface area contributed by atoms with Gasteiger partial charge in [0.05, 0.1) is 0 Å². The molecular weight excluding hydrogens is 230 g/mol. The molecule has 0 saturated carbocycles. The number of likely N-dealkylation sites (N-methyl/N-ethyl adjacent to an activating group) is 1. The lowest BCUT2D eigenvalue weighted by Crippen LogP contribution is -2.52. The summed E-state index contributed by atoms with van der Waals surface area (Å²) in [5, 5.41) is 9.20. The van der Waals surface area contributed by atoms with E-state index in [2.05, 4.69) is 0 Å². The first kappa shape index (κ1) is 14.2. The molecule has 0 aliphatic carbocycles. The lowest BCUT2D eigenvalue weighted by atomic mass is 10.0. The number of nitrogens with zero attached hydrogens (tertiary/aromatic N) is 1. The largest absolute Gasteiger partial charge is 0.480 e. The number of aryl methyl sites for hydroxylation is 1. The van der Waals surface area contributed by atoms with Gasteiger partial charge in [0, 0.05) is 12.1 Å². The molecule has 0 heterocycles. The van der Waals surface area contributed by atoms with Crippen molar-refractivity contribution in [1.29, 1.82) is 0 Å². The molecular formula is C14H19NO3. The Hall–Kier alpha value is -1.84. The number of aliphatic carboxylic acids is 1. The topological polar surface area (TPSA) is 57.6 Å². The van der Waals surface area contributed by atoms with Crippen molar-refractivity contribution >= 4 is 11.9 Å². The maximum absolute atomic E-state index is 12.3. The lowest BCUT2D eigenvalue weighted by Gasteiger charge is -2.34. The van der Waals surface area contributed by atoms with Crippen molar-refractivity contribution in [3.05, 3.63) is 35.4 Å². The molecule has 0 unspecified atom stereocenters. The Bertz CT molecular complexity index is 466. The summed E-state index contributed by atoms with van der Waals surface area (Å²) in [5.41, 5.74) is 0.284. The van der Waals surface area contributed by atoms with Crippen LogP contribution in [-0.2, 0) is 4.79 Å². The van der Waals surface area contributed by atoms with E-state index in [0.29, 0.717) is 12.1 Å². The van der Waals surface area contributed by atoms with E-state index >= 15 is 0 Å². The maximum atomic E-state index is 12.3. The summed E-state index contributed by atoms with van der Waals surface area (Å²) in [5.74, 6) is -1.26. The summed E-state index contributed by atoms with van der Waals surface area (Å²) in [4.78, 5) is 24.9. The quantitative estimate of drug-likeness (QED) is 0.891. The Labute approximate surface area is 107 Å². The molecule has 4 heteroatoms. The van der Waals surface area contributed by atoms with Crippen LogP contribution in [0.15, 0.2) is 24.3 Å². The van der Waals surface area contributed by atoms with Gasteiger partial charge in [-0.1, -0.05) is 17.7 Å². The van der Waals surface area contributed by atoms with Crippen LogP contribution in [0.3, 0.4) is 0 Å². The molecule has 1 aromatic carbocycles. The number of benzene rings is 1. The fraction of sp³-hybridized carbons (Fsp3) is 0.429. The number of hydrogen-bond acceptors (Lipinski definition) is 2. The molecule has 0 atom stereocenters. The molecule has 0 radical (unpaired) electrons. The number of amides is 1. The van der Waals surface area contributed by atoms with Gasteiger partial charge in [0.1, 0.15) is 5.54 Å². The Kier molecular flexibility index (Phi) is 4.11. The van der Waals surface area contributed by atoms with Crippen molar-refractivity contribution in [2.75, 3.05) is 6.54 Å². The minimum Gasteiger partial charge on any atom is -0.480 e. The highest BCUT2D eigenvalue weighted by molar-refractivity contribution is 5.97. The number of rotatable bonds is 4. The summed E-state index contributed by atoms with van der Waals surface area (Å²) in [7, 11) is 0. The third-order valence-corrected chi connectivity index (χ3v) is 3.02. The van der Waals surface area contributed by atoms with E-state index in [1.165, 1.54) is 18.7 Å². The average molecular weight is 249 g/mol. The van der Waals surface area contributed by atoms with Crippen LogP contribution in [0.1, 0.15) is 36.7 Å². The maximum Gasteiger partial charge on any atom is 0.329 e. The zero-order valence-electron chi connectivity index (χ0n) is 11.2. The molecule has 0 fully saturated rings. The minimum atomic E-state index is -1.21. The minimum absolute atomic E-state index is 0.256. The second kappa shape index (κ2) is 5.21. The number of hydrogen-bond donors (Lipinski definition) is 1. The third kappa shape index (κ3) is 2.70. The van der Waals surface area contributed by atoms with E-state index in [9.17, 15) is 14.7 Å². The van der Waals surface area contributed by atoms with Crippen LogP contribution in [0.5, 0.6) is 0 Å². The molecule has 0 aliphatic rings. The third-order valence-electron chi connectivity index (χ3n) is 3.02. The number of carbonyl (C=O) groups excluding carboxylic acids is 1. The van der Waals surface area contributed by atoms with E-state index in [0.717, 1.165) is 5.56 Å². The summed E-state index contributed by atoms with van der Waals surface area (Å²) in [6.45, 7) is 7.10. The van der Waals surface area contributed by atoms with Crippen LogP contribution in [0.2, 0.25) is 0 Å². The number of carboxylic acids is 1. The van der Waals surface area contributed by atoms with Gasteiger partial charge in [-0.3, -0.25) is 4.79 Å². The van der Waals surface area contributed by atoms with E-state index in [1.807, 2.05) is 13.0 Å². The molecule has 1 N–H and O–H groups in total. The summed E-state index contributed by atoms with van der Waals surface area (Å²) < 4.78 is 0. The van der Waals surface area contributed by atoms with Gasteiger partial charge in [0.2, 0.25) is 0 Å². The van der Waals surface area contributed by atoms with Gasteiger partial charge in [-0.05, 0) is 39.8 Å².